The molecular weight excluding hydrogens is 406 g/mol. The second-order valence-electron chi connectivity index (χ2n) is 7.59. The summed E-state index contributed by atoms with van der Waals surface area (Å²) in [6.45, 7) is 0. The topological polar surface area (TPSA) is 70.5 Å². The average Bonchev–Trinajstić information content (AvgIpc) is 3.51. The van der Waals surface area contributed by atoms with Crippen LogP contribution in [0.25, 0.3) is 11.3 Å². The number of carbonyl (C=O) groups excluding carboxylic acids is 1. The number of pyridine rings is 2. The van der Waals surface area contributed by atoms with Crippen molar-refractivity contribution in [3.05, 3.63) is 66.0 Å². The number of ether oxygens (including phenoxy) is 3. The van der Waals surface area contributed by atoms with E-state index in [0.29, 0.717) is 35.7 Å². The van der Waals surface area contributed by atoms with E-state index in [1.54, 1.807) is 24.4 Å². The molecule has 31 heavy (non-hydrogen) atoms. The molecule has 5 rings (SSSR count). The van der Waals surface area contributed by atoms with Crippen molar-refractivity contribution in [2.45, 2.75) is 31.0 Å². The number of benzene rings is 1. The lowest BCUT2D eigenvalue weighted by Crippen LogP contribution is -2.26. The maximum atomic E-state index is 13.3. The van der Waals surface area contributed by atoms with Crippen LogP contribution >= 0.6 is 0 Å². The predicted molar refractivity (Wildman–Crippen MR) is 106 cm³/mol. The highest BCUT2D eigenvalue weighted by Gasteiger charge is 2.52. The molecule has 1 fully saturated rings. The maximum absolute atomic E-state index is 13.3. The number of carbonyl (C=O) groups is 1. The van der Waals surface area contributed by atoms with E-state index < -0.39 is 11.7 Å². The second kappa shape index (κ2) is 7.01. The molecule has 1 aliphatic carbocycles. The maximum Gasteiger partial charge on any atom is 0.586 e. The Morgan fingerprint density at radius 3 is 2.68 bits per heavy atom. The Morgan fingerprint density at radius 1 is 1.10 bits per heavy atom. The molecule has 8 heteroatoms. The smallest absolute Gasteiger partial charge is 0.481 e. The third-order valence-corrected chi connectivity index (χ3v) is 5.63. The van der Waals surface area contributed by atoms with E-state index in [0.717, 1.165) is 5.56 Å². The van der Waals surface area contributed by atoms with Crippen LogP contribution in [0.1, 0.15) is 24.1 Å². The van der Waals surface area contributed by atoms with Gasteiger partial charge in [-0.3, -0.25) is 9.78 Å². The molecule has 2 aromatic heterocycles. The van der Waals surface area contributed by atoms with Crippen molar-refractivity contribution in [3.8, 4) is 28.6 Å². The summed E-state index contributed by atoms with van der Waals surface area (Å²) in [5.41, 5.74) is 1.96. The lowest BCUT2D eigenvalue weighted by Gasteiger charge is -2.15. The first-order valence-corrected chi connectivity index (χ1v) is 9.79. The Balaban J connectivity index is 1.39. The van der Waals surface area contributed by atoms with Gasteiger partial charge < -0.3 is 14.2 Å². The van der Waals surface area contributed by atoms with Crippen molar-refractivity contribution in [2.24, 2.45) is 0 Å². The minimum Gasteiger partial charge on any atom is -0.481 e. The molecule has 2 aliphatic rings. The first-order valence-electron chi connectivity index (χ1n) is 9.79. The van der Waals surface area contributed by atoms with Crippen molar-refractivity contribution in [3.63, 3.8) is 0 Å². The van der Waals surface area contributed by atoms with Gasteiger partial charge in [-0.1, -0.05) is 12.1 Å². The summed E-state index contributed by atoms with van der Waals surface area (Å²) < 4.78 is 40.9. The number of Topliss-reactive ketones (excluding diaryl/α,β-unsaturated/α-hetero) is 1. The van der Waals surface area contributed by atoms with Crippen molar-refractivity contribution in [1.82, 2.24) is 9.97 Å². The van der Waals surface area contributed by atoms with E-state index in [4.69, 9.17) is 4.74 Å². The quantitative estimate of drug-likeness (QED) is 0.587. The molecule has 0 bridgehead atoms. The highest BCUT2D eigenvalue weighted by atomic mass is 19.3. The molecule has 6 nitrogen and oxygen atoms in total. The normalized spacial score (nSPS) is 17.3. The van der Waals surface area contributed by atoms with Crippen LogP contribution in [-0.2, 0) is 16.6 Å². The van der Waals surface area contributed by atoms with Crippen LogP contribution in [-0.4, -0.2) is 29.2 Å². The highest BCUT2D eigenvalue weighted by Crippen LogP contribution is 2.52. The molecule has 3 aromatic rings. The fraction of sp³-hybridized carbons (Fsp3) is 0.261. The van der Waals surface area contributed by atoms with Crippen LogP contribution in [0.15, 0.2) is 54.7 Å². The van der Waals surface area contributed by atoms with Gasteiger partial charge in [-0.05, 0) is 54.8 Å². The molecule has 1 saturated carbocycles. The summed E-state index contributed by atoms with van der Waals surface area (Å²) in [4.78, 5) is 22.0. The van der Waals surface area contributed by atoms with Crippen molar-refractivity contribution >= 4 is 5.78 Å². The SMILES string of the molecule is COc1ncccc1-c1cccc(CC(=O)C2(c3ccc4c(c3)OC(F)(F)O4)CC2)n1. The molecule has 3 heterocycles. The minimum atomic E-state index is -3.68. The van der Waals surface area contributed by atoms with Crippen LogP contribution in [0.2, 0.25) is 0 Å². The number of ketones is 1. The second-order valence-corrected chi connectivity index (χ2v) is 7.59. The number of halogens is 2. The van der Waals surface area contributed by atoms with E-state index in [1.807, 2.05) is 18.2 Å². The van der Waals surface area contributed by atoms with Gasteiger partial charge in [-0.25, -0.2) is 4.98 Å². The van der Waals surface area contributed by atoms with E-state index in [9.17, 15) is 13.6 Å². The number of alkyl halides is 2. The van der Waals surface area contributed by atoms with Gasteiger partial charge in [0.1, 0.15) is 5.78 Å². The fourth-order valence-electron chi connectivity index (χ4n) is 3.91. The van der Waals surface area contributed by atoms with E-state index in [1.165, 1.54) is 19.2 Å². The molecule has 0 N–H and O–H groups in total. The lowest BCUT2D eigenvalue weighted by atomic mass is 9.88. The number of nitrogens with zero attached hydrogens (tertiary/aromatic N) is 2. The Bertz CT molecular complexity index is 1180. The summed E-state index contributed by atoms with van der Waals surface area (Å²) in [7, 11) is 1.54. The van der Waals surface area contributed by atoms with Gasteiger partial charge in [0.25, 0.3) is 0 Å². The number of hydrogen-bond donors (Lipinski definition) is 0. The molecule has 0 radical (unpaired) electrons. The highest BCUT2D eigenvalue weighted by molar-refractivity contribution is 5.94. The van der Waals surface area contributed by atoms with Crippen LogP contribution < -0.4 is 14.2 Å². The van der Waals surface area contributed by atoms with Gasteiger partial charge in [-0.2, -0.15) is 0 Å². The van der Waals surface area contributed by atoms with Crippen molar-refractivity contribution in [1.29, 1.82) is 0 Å². The van der Waals surface area contributed by atoms with E-state index >= 15 is 0 Å². The number of rotatable bonds is 6. The Hall–Kier alpha value is -3.55. The molecule has 0 amide bonds. The monoisotopic (exact) mass is 424 g/mol. The summed E-state index contributed by atoms with van der Waals surface area (Å²) in [5, 5.41) is 0. The molecule has 0 atom stereocenters. The minimum absolute atomic E-state index is 0.0130. The molecule has 158 valence electrons. The number of hydrogen-bond acceptors (Lipinski definition) is 6. The zero-order chi connectivity index (χ0) is 21.6. The molecule has 0 saturated heterocycles. The summed E-state index contributed by atoms with van der Waals surface area (Å²) in [6.07, 6.45) is -0.621. The first kappa shape index (κ1) is 19.4. The summed E-state index contributed by atoms with van der Waals surface area (Å²) in [5.74, 6) is 0.359. The van der Waals surface area contributed by atoms with Gasteiger partial charge in [-0.15, -0.1) is 8.78 Å². The summed E-state index contributed by atoms with van der Waals surface area (Å²) >= 11 is 0. The standard InChI is InChI=1S/C23H18F2N2O4/c1-29-21-16(5-3-11-26-21)17-6-2-4-15(27-17)13-20(28)22(9-10-22)14-7-8-18-19(12-14)31-23(24,25)30-18/h2-8,11-12H,9-10,13H2,1H3. The molecule has 1 aromatic carbocycles. The van der Waals surface area contributed by atoms with Crippen LogP contribution in [0, 0.1) is 0 Å². The summed E-state index contributed by atoms with van der Waals surface area (Å²) in [6, 6.07) is 13.7. The van der Waals surface area contributed by atoms with Gasteiger partial charge in [0.2, 0.25) is 5.88 Å². The van der Waals surface area contributed by atoms with Gasteiger partial charge in [0, 0.05) is 18.3 Å². The number of methoxy groups -OCH3 is 1. The van der Waals surface area contributed by atoms with Crippen molar-refractivity contribution in [2.75, 3.05) is 7.11 Å². The Kier molecular flexibility index (Phi) is 4.39. The first-order chi connectivity index (χ1) is 14.9. The largest absolute Gasteiger partial charge is 0.586 e. The molecule has 0 unspecified atom stereocenters. The Morgan fingerprint density at radius 2 is 1.90 bits per heavy atom. The zero-order valence-corrected chi connectivity index (χ0v) is 16.6. The predicted octanol–water partition coefficient (Wildman–Crippen LogP) is 4.32. The van der Waals surface area contributed by atoms with E-state index in [-0.39, 0.29) is 23.7 Å². The molecule has 1 aliphatic heterocycles. The van der Waals surface area contributed by atoms with Gasteiger partial charge >= 0.3 is 6.29 Å². The lowest BCUT2D eigenvalue weighted by molar-refractivity contribution is -0.286. The van der Waals surface area contributed by atoms with Crippen molar-refractivity contribution < 1.29 is 27.8 Å². The van der Waals surface area contributed by atoms with Crippen LogP contribution in [0.3, 0.4) is 0 Å². The van der Waals surface area contributed by atoms with Crippen LogP contribution in [0.5, 0.6) is 17.4 Å². The molecule has 0 spiro atoms. The number of fused-ring (bicyclic) bond motifs is 1. The third kappa shape index (κ3) is 3.48. The fourth-order valence-corrected chi connectivity index (χ4v) is 3.91. The third-order valence-electron chi connectivity index (χ3n) is 5.63. The Labute approximate surface area is 176 Å². The molecular formula is C23H18F2N2O4. The van der Waals surface area contributed by atoms with Gasteiger partial charge in [0.05, 0.1) is 23.8 Å². The van der Waals surface area contributed by atoms with Gasteiger partial charge in [0.15, 0.2) is 11.5 Å². The number of aromatic nitrogens is 2. The van der Waals surface area contributed by atoms with E-state index in [2.05, 4.69) is 19.4 Å². The average molecular weight is 424 g/mol. The zero-order valence-electron chi connectivity index (χ0n) is 16.6. The van der Waals surface area contributed by atoms with Crippen LogP contribution in [0.4, 0.5) is 8.78 Å².